The van der Waals surface area contributed by atoms with Crippen LogP contribution in [0.5, 0.6) is 0 Å². The van der Waals surface area contributed by atoms with E-state index in [9.17, 15) is 30.6 Å². The molecule has 2 aliphatic heterocycles. The van der Waals surface area contributed by atoms with E-state index in [4.69, 9.17) is 19.7 Å². The summed E-state index contributed by atoms with van der Waals surface area (Å²) < 4.78 is 10.6. The van der Waals surface area contributed by atoms with Gasteiger partial charge in [0.15, 0.2) is 0 Å². The van der Waals surface area contributed by atoms with Gasteiger partial charge in [-0.3, -0.25) is 0 Å². The summed E-state index contributed by atoms with van der Waals surface area (Å²) in [5.41, 5.74) is -2.09. The van der Waals surface area contributed by atoms with Gasteiger partial charge in [0, 0.05) is 0 Å². The molecule has 2 fully saturated rings. The summed E-state index contributed by atoms with van der Waals surface area (Å²) in [5, 5.41) is 76.9. The molecule has 0 aliphatic carbocycles. The fourth-order valence-electron chi connectivity index (χ4n) is 2.40. The van der Waals surface area contributed by atoms with Gasteiger partial charge in [0.25, 0.3) is 0 Å². The summed E-state index contributed by atoms with van der Waals surface area (Å²) in [7, 11) is 1.72. The standard InChI is InChI=1S/C12H22O10S2/c13-1-3-5(15)7(17)9(19)11(21-3)23-24-12-10(20)8(18)6(16)4(2-14)22-12/h3-20H,1-2H2/t3-,4-,5-,6+,7+,8+,9-,10-,11+,12+/m1/s1. The molecule has 10 nitrogen and oxygen atoms in total. The summed E-state index contributed by atoms with van der Waals surface area (Å²) in [6.07, 6.45) is -11.0. The first-order valence-corrected chi connectivity index (χ1v) is 9.52. The third-order valence-corrected chi connectivity index (χ3v) is 6.68. The van der Waals surface area contributed by atoms with E-state index in [-0.39, 0.29) is 0 Å². The SMILES string of the molecule is OC[C@H]1O[C@@H](SS[C@@H]2O[C@H](CO)[C@@H](O)[C@H](O)[C@H]2O)[C@H](O)[C@@H](O)[C@H]1O. The zero-order valence-electron chi connectivity index (χ0n) is 12.4. The first-order chi connectivity index (χ1) is 11.3. The highest BCUT2D eigenvalue weighted by molar-refractivity contribution is 8.77. The van der Waals surface area contributed by atoms with Crippen LogP contribution >= 0.6 is 21.6 Å². The van der Waals surface area contributed by atoms with Crippen LogP contribution in [0.25, 0.3) is 0 Å². The van der Waals surface area contributed by atoms with Crippen molar-refractivity contribution >= 4 is 21.6 Å². The fraction of sp³-hybridized carbons (Fsp3) is 1.00. The molecule has 2 aliphatic rings. The molecule has 12 heteroatoms. The van der Waals surface area contributed by atoms with Crippen molar-refractivity contribution in [3.05, 3.63) is 0 Å². The molecule has 8 N–H and O–H groups in total. The molecule has 0 bridgehead atoms. The molecule has 0 spiro atoms. The Bertz CT molecular complexity index is 364. The van der Waals surface area contributed by atoms with Gasteiger partial charge in [-0.2, -0.15) is 0 Å². The summed E-state index contributed by atoms with van der Waals surface area (Å²) in [5.74, 6) is 0. The Morgan fingerprint density at radius 3 is 1.17 bits per heavy atom. The summed E-state index contributed by atoms with van der Waals surface area (Å²) in [6, 6.07) is 0. The van der Waals surface area contributed by atoms with Crippen molar-refractivity contribution < 1.29 is 50.3 Å². The zero-order valence-corrected chi connectivity index (χ0v) is 14.0. The van der Waals surface area contributed by atoms with Crippen molar-refractivity contribution in [3.63, 3.8) is 0 Å². The molecule has 2 rings (SSSR count). The van der Waals surface area contributed by atoms with Crippen molar-refractivity contribution in [3.8, 4) is 0 Å². The van der Waals surface area contributed by atoms with Crippen LogP contribution in [0, 0.1) is 0 Å². The second-order valence-electron chi connectivity index (χ2n) is 5.59. The number of hydrogen-bond donors (Lipinski definition) is 8. The third kappa shape index (κ3) is 4.16. The Morgan fingerprint density at radius 1 is 0.542 bits per heavy atom. The van der Waals surface area contributed by atoms with Crippen LogP contribution in [-0.2, 0) is 9.47 Å². The van der Waals surface area contributed by atoms with E-state index in [2.05, 4.69) is 0 Å². The van der Waals surface area contributed by atoms with Crippen molar-refractivity contribution in [2.75, 3.05) is 13.2 Å². The molecule has 0 radical (unpaired) electrons. The monoisotopic (exact) mass is 390 g/mol. The number of rotatable bonds is 5. The first-order valence-electron chi connectivity index (χ1n) is 7.25. The third-order valence-electron chi connectivity index (χ3n) is 3.94. The molecule has 0 amide bonds. The predicted molar refractivity (Wildman–Crippen MR) is 82.7 cm³/mol. The molecule has 24 heavy (non-hydrogen) atoms. The normalized spacial score (nSPS) is 50.0. The van der Waals surface area contributed by atoms with Crippen molar-refractivity contribution in [1.29, 1.82) is 0 Å². The highest BCUT2D eigenvalue weighted by Crippen LogP contribution is 2.41. The average Bonchev–Trinajstić information content (AvgIpc) is 2.58. The molecule has 0 aromatic heterocycles. The smallest absolute Gasteiger partial charge is 0.142 e. The fourth-order valence-corrected chi connectivity index (χ4v) is 5.16. The molecule has 0 aromatic carbocycles. The van der Waals surface area contributed by atoms with E-state index < -0.39 is 72.9 Å². The maximum absolute atomic E-state index is 9.93. The second-order valence-corrected chi connectivity index (χ2v) is 8.06. The van der Waals surface area contributed by atoms with E-state index in [1.54, 1.807) is 0 Å². The molecular weight excluding hydrogens is 368 g/mol. The number of aliphatic hydroxyl groups is 8. The van der Waals surface area contributed by atoms with E-state index in [1.807, 2.05) is 0 Å². The second kappa shape index (κ2) is 8.79. The van der Waals surface area contributed by atoms with Crippen LogP contribution in [0.15, 0.2) is 0 Å². The minimum Gasteiger partial charge on any atom is -0.394 e. The molecule has 142 valence electrons. The van der Waals surface area contributed by atoms with Gasteiger partial charge in [0.05, 0.1) is 13.2 Å². The molecule has 2 heterocycles. The van der Waals surface area contributed by atoms with E-state index in [0.717, 1.165) is 21.6 Å². The van der Waals surface area contributed by atoms with Gasteiger partial charge in [0.2, 0.25) is 0 Å². The summed E-state index contributed by atoms with van der Waals surface area (Å²) in [6.45, 7) is -1.13. The Kier molecular flexibility index (Phi) is 7.55. The number of hydrogen-bond acceptors (Lipinski definition) is 12. The molecule has 10 atom stereocenters. The largest absolute Gasteiger partial charge is 0.394 e. The highest BCUT2D eigenvalue weighted by Gasteiger charge is 2.47. The quantitative estimate of drug-likeness (QED) is 0.213. The van der Waals surface area contributed by atoms with Gasteiger partial charge in [-0.25, -0.2) is 0 Å². The van der Waals surface area contributed by atoms with Gasteiger partial charge >= 0.3 is 0 Å². The minimum absolute atomic E-state index is 0.563. The van der Waals surface area contributed by atoms with Crippen LogP contribution in [0.4, 0.5) is 0 Å². The molecule has 0 unspecified atom stereocenters. The molecule has 0 aromatic rings. The van der Waals surface area contributed by atoms with Crippen LogP contribution in [0.3, 0.4) is 0 Å². The Balaban J connectivity index is 1.96. The molecule has 0 saturated carbocycles. The van der Waals surface area contributed by atoms with E-state index in [0.29, 0.717) is 0 Å². The Morgan fingerprint density at radius 2 is 0.875 bits per heavy atom. The zero-order chi connectivity index (χ0) is 18.0. The topological polar surface area (TPSA) is 180 Å². The van der Waals surface area contributed by atoms with E-state index >= 15 is 0 Å². The maximum Gasteiger partial charge on any atom is 0.142 e. The van der Waals surface area contributed by atoms with Gasteiger partial charge in [-0.1, -0.05) is 21.6 Å². The Hall–Kier alpha value is 0.300. The number of aliphatic hydroxyl groups excluding tert-OH is 8. The van der Waals surface area contributed by atoms with Gasteiger partial charge in [0.1, 0.15) is 59.7 Å². The number of ether oxygens (including phenoxy) is 2. The van der Waals surface area contributed by atoms with Gasteiger partial charge in [-0.05, 0) is 0 Å². The maximum atomic E-state index is 9.93. The Labute approximate surface area is 145 Å². The first kappa shape index (κ1) is 20.6. The van der Waals surface area contributed by atoms with Crippen LogP contribution in [0.1, 0.15) is 0 Å². The lowest BCUT2D eigenvalue weighted by molar-refractivity contribution is -0.206. The van der Waals surface area contributed by atoms with E-state index in [1.165, 1.54) is 0 Å². The van der Waals surface area contributed by atoms with Crippen molar-refractivity contribution in [2.45, 2.75) is 59.7 Å². The van der Waals surface area contributed by atoms with Gasteiger partial charge in [-0.15, -0.1) is 0 Å². The van der Waals surface area contributed by atoms with Crippen LogP contribution in [-0.4, -0.2) is 114 Å². The van der Waals surface area contributed by atoms with Gasteiger partial charge < -0.3 is 50.3 Å². The molecule has 2 saturated heterocycles. The average molecular weight is 390 g/mol. The van der Waals surface area contributed by atoms with Crippen molar-refractivity contribution in [1.82, 2.24) is 0 Å². The highest BCUT2D eigenvalue weighted by atomic mass is 33.1. The lowest BCUT2D eigenvalue weighted by Gasteiger charge is -2.42. The minimum atomic E-state index is -1.52. The summed E-state index contributed by atoms with van der Waals surface area (Å²) >= 11 is 0. The van der Waals surface area contributed by atoms with Crippen LogP contribution in [0.2, 0.25) is 0 Å². The lowest BCUT2D eigenvalue weighted by atomic mass is 10.0. The van der Waals surface area contributed by atoms with Crippen molar-refractivity contribution in [2.24, 2.45) is 0 Å². The predicted octanol–water partition coefficient (Wildman–Crippen LogP) is -4.03. The summed E-state index contributed by atoms with van der Waals surface area (Å²) in [4.78, 5) is 0. The molecular formula is C12H22O10S2. The lowest BCUT2D eigenvalue weighted by Crippen LogP contribution is -2.58. The van der Waals surface area contributed by atoms with Crippen LogP contribution < -0.4 is 0 Å².